The lowest BCUT2D eigenvalue weighted by Crippen LogP contribution is -2.37. The van der Waals surface area contributed by atoms with Gasteiger partial charge >= 0.3 is 0 Å². The lowest BCUT2D eigenvalue weighted by molar-refractivity contribution is 0.0811. The zero-order valence-electron chi connectivity index (χ0n) is 19.2. The Morgan fingerprint density at radius 3 is 2.65 bits per heavy atom. The summed E-state index contributed by atoms with van der Waals surface area (Å²) < 4.78 is 13.4. The van der Waals surface area contributed by atoms with Crippen LogP contribution in [0.5, 0.6) is 23.0 Å². The molecule has 0 saturated carbocycles. The molecule has 2 aliphatic heterocycles. The molecule has 0 aliphatic carbocycles. The summed E-state index contributed by atoms with van der Waals surface area (Å²) in [5, 5.41) is 30.6. The molecular weight excluding hydrogens is 436 g/mol. The summed E-state index contributed by atoms with van der Waals surface area (Å²) in [6.45, 7) is 5.38. The Morgan fingerprint density at radius 2 is 1.91 bits per heavy atom. The third-order valence-electron chi connectivity index (χ3n) is 6.79. The van der Waals surface area contributed by atoms with Crippen molar-refractivity contribution in [2.24, 2.45) is 0 Å². The SMILES string of the molecule is COc1ccc2c(c1)c(/C=C1\Oc3cc(O)cc(O)c3C1=O)c(C)n2CCN1CCC(O)CC1. The fourth-order valence-corrected chi connectivity index (χ4v) is 4.88. The van der Waals surface area contributed by atoms with Crippen LogP contribution in [0.2, 0.25) is 0 Å². The minimum absolute atomic E-state index is 0.0512. The van der Waals surface area contributed by atoms with Gasteiger partial charge in [0.1, 0.15) is 28.6 Å². The van der Waals surface area contributed by atoms with Crippen LogP contribution in [0.25, 0.3) is 17.0 Å². The second-order valence-electron chi connectivity index (χ2n) is 8.88. The van der Waals surface area contributed by atoms with Crippen LogP contribution in [0.4, 0.5) is 0 Å². The van der Waals surface area contributed by atoms with Crippen LogP contribution >= 0.6 is 0 Å². The molecule has 3 N–H and O–H groups in total. The molecule has 1 saturated heterocycles. The second kappa shape index (κ2) is 8.70. The van der Waals surface area contributed by atoms with Crippen LogP contribution in [-0.2, 0) is 6.54 Å². The number of likely N-dealkylation sites (tertiary alicyclic amines) is 1. The van der Waals surface area contributed by atoms with E-state index < -0.39 is 5.78 Å². The number of allylic oxidation sites excluding steroid dienone is 1. The largest absolute Gasteiger partial charge is 0.508 e. The topological polar surface area (TPSA) is 104 Å². The number of ketones is 1. The molecule has 3 aromatic rings. The molecule has 0 bridgehead atoms. The number of fused-ring (bicyclic) bond motifs is 2. The first-order valence-electron chi connectivity index (χ1n) is 11.4. The minimum atomic E-state index is -0.428. The van der Waals surface area contributed by atoms with Crippen molar-refractivity contribution < 1.29 is 29.6 Å². The van der Waals surface area contributed by atoms with E-state index in [0.29, 0.717) is 5.75 Å². The van der Waals surface area contributed by atoms with Crippen LogP contribution in [0.3, 0.4) is 0 Å². The number of benzene rings is 2. The Bertz CT molecular complexity index is 1300. The van der Waals surface area contributed by atoms with Gasteiger partial charge in [-0.1, -0.05) is 0 Å². The fourth-order valence-electron chi connectivity index (χ4n) is 4.88. The number of carbonyl (C=O) groups is 1. The summed E-state index contributed by atoms with van der Waals surface area (Å²) in [5.41, 5.74) is 2.89. The van der Waals surface area contributed by atoms with Crippen molar-refractivity contribution in [3.63, 3.8) is 0 Å². The summed E-state index contributed by atoms with van der Waals surface area (Å²) in [4.78, 5) is 15.3. The maximum absolute atomic E-state index is 13.0. The molecule has 178 valence electrons. The molecule has 0 unspecified atom stereocenters. The van der Waals surface area contributed by atoms with E-state index in [1.54, 1.807) is 13.2 Å². The van der Waals surface area contributed by atoms with E-state index in [1.807, 2.05) is 25.1 Å². The summed E-state index contributed by atoms with van der Waals surface area (Å²) in [5.74, 6) is 0.0243. The minimum Gasteiger partial charge on any atom is -0.508 e. The summed E-state index contributed by atoms with van der Waals surface area (Å²) >= 11 is 0. The van der Waals surface area contributed by atoms with Crippen LogP contribution in [0.1, 0.15) is 34.5 Å². The summed E-state index contributed by atoms with van der Waals surface area (Å²) in [7, 11) is 1.61. The van der Waals surface area contributed by atoms with Crippen LogP contribution in [0.15, 0.2) is 36.1 Å². The lowest BCUT2D eigenvalue weighted by atomic mass is 10.1. The van der Waals surface area contributed by atoms with Gasteiger partial charge in [-0.25, -0.2) is 0 Å². The number of aromatic nitrogens is 1. The predicted molar refractivity (Wildman–Crippen MR) is 128 cm³/mol. The number of hydrogen-bond acceptors (Lipinski definition) is 7. The highest BCUT2D eigenvalue weighted by atomic mass is 16.5. The molecule has 0 atom stereocenters. The smallest absolute Gasteiger partial charge is 0.235 e. The average molecular weight is 465 g/mol. The number of aliphatic hydroxyl groups excluding tert-OH is 1. The summed E-state index contributed by atoms with van der Waals surface area (Å²) in [6.07, 6.45) is 3.08. The van der Waals surface area contributed by atoms with E-state index in [0.717, 1.165) is 67.2 Å². The monoisotopic (exact) mass is 464 g/mol. The molecule has 1 fully saturated rings. The van der Waals surface area contributed by atoms with Gasteiger partial charge in [-0.2, -0.15) is 0 Å². The number of Topliss-reactive ketones (excluding diaryl/α,β-unsaturated/α-hetero) is 1. The molecule has 8 heteroatoms. The van der Waals surface area contributed by atoms with Crippen molar-refractivity contribution >= 4 is 22.8 Å². The number of phenols is 2. The van der Waals surface area contributed by atoms with Gasteiger partial charge in [0, 0.05) is 60.5 Å². The van der Waals surface area contributed by atoms with Crippen molar-refractivity contribution in [1.82, 2.24) is 9.47 Å². The Kier molecular flexibility index (Phi) is 5.71. The molecule has 2 aromatic carbocycles. The maximum atomic E-state index is 13.0. The molecular formula is C26H28N2O6. The Balaban J connectivity index is 1.52. The Morgan fingerprint density at radius 1 is 1.15 bits per heavy atom. The predicted octanol–water partition coefficient (Wildman–Crippen LogP) is 3.44. The van der Waals surface area contributed by atoms with Crippen molar-refractivity contribution in [2.75, 3.05) is 26.7 Å². The molecule has 0 spiro atoms. The summed E-state index contributed by atoms with van der Waals surface area (Å²) in [6, 6.07) is 8.32. The third kappa shape index (κ3) is 3.89. The number of rotatable bonds is 5. The number of methoxy groups -OCH3 is 1. The Hall–Kier alpha value is -3.49. The zero-order valence-corrected chi connectivity index (χ0v) is 19.2. The Labute approximate surface area is 197 Å². The number of phenolic OH excluding ortho intramolecular Hbond substituents is 2. The van der Waals surface area contributed by atoms with Gasteiger partial charge in [0.05, 0.1) is 13.2 Å². The first-order valence-corrected chi connectivity index (χ1v) is 11.4. The van der Waals surface area contributed by atoms with E-state index in [2.05, 4.69) is 9.47 Å². The van der Waals surface area contributed by atoms with Gasteiger partial charge in [0.25, 0.3) is 0 Å². The van der Waals surface area contributed by atoms with E-state index in [4.69, 9.17) is 9.47 Å². The molecule has 5 rings (SSSR count). The van der Waals surface area contributed by atoms with Gasteiger partial charge < -0.3 is 34.3 Å². The van der Waals surface area contributed by atoms with Gasteiger partial charge in [-0.3, -0.25) is 4.79 Å². The first kappa shape index (κ1) is 22.3. The van der Waals surface area contributed by atoms with Crippen LogP contribution < -0.4 is 9.47 Å². The molecule has 34 heavy (non-hydrogen) atoms. The number of hydrogen-bond donors (Lipinski definition) is 3. The quantitative estimate of drug-likeness (QED) is 0.497. The van der Waals surface area contributed by atoms with E-state index in [9.17, 15) is 20.1 Å². The molecule has 3 heterocycles. The fraction of sp³-hybridized carbons (Fsp3) is 0.346. The number of nitrogens with zero attached hydrogens (tertiary/aromatic N) is 2. The normalized spacial score (nSPS) is 18.0. The number of aliphatic hydroxyl groups is 1. The number of piperidine rings is 1. The molecule has 0 amide bonds. The zero-order chi connectivity index (χ0) is 24.0. The van der Waals surface area contributed by atoms with Crippen LogP contribution in [-0.4, -0.2) is 63.4 Å². The van der Waals surface area contributed by atoms with Gasteiger partial charge in [0.2, 0.25) is 5.78 Å². The van der Waals surface area contributed by atoms with Gasteiger partial charge in [-0.15, -0.1) is 0 Å². The standard InChI is InChI=1S/C26H28N2O6/c1-15-19(14-24-26(32)25-22(31)11-17(30)12-23(25)34-24)20-13-18(33-2)3-4-21(20)28(15)10-9-27-7-5-16(29)6-8-27/h3-4,11-14,16,29-31H,5-10H2,1-2H3/b24-14-. The maximum Gasteiger partial charge on any atom is 0.235 e. The van der Waals surface area contributed by atoms with Crippen molar-refractivity contribution in [3.05, 3.63) is 52.9 Å². The first-order chi connectivity index (χ1) is 16.4. The van der Waals surface area contributed by atoms with Gasteiger partial charge in [0.15, 0.2) is 5.76 Å². The van der Waals surface area contributed by atoms with E-state index >= 15 is 0 Å². The van der Waals surface area contributed by atoms with Crippen molar-refractivity contribution in [2.45, 2.75) is 32.4 Å². The van der Waals surface area contributed by atoms with Crippen LogP contribution in [0, 0.1) is 6.92 Å². The molecule has 2 aliphatic rings. The highest BCUT2D eigenvalue weighted by molar-refractivity contribution is 6.17. The average Bonchev–Trinajstić information content (AvgIpc) is 3.26. The highest BCUT2D eigenvalue weighted by Crippen LogP contribution is 2.41. The molecule has 0 radical (unpaired) electrons. The number of aromatic hydroxyl groups is 2. The van der Waals surface area contributed by atoms with Crippen molar-refractivity contribution in [1.29, 1.82) is 0 Å². The molecule has 8 nitrogen and oxygen atoms in total. The lowest BCUT2D eigenvalue weighted by Gasteiger charge is -2.29. The van der Waals surface area contributed by atoms with Gasteiger partial charge in [-0.05, 0) is 44.0 Å². The third-order valence-corrected chi connectivity index (χ3v) is 6.79. The van der Waals surface area contributed by atoms with E-state index in [1.165, 1.54) is 6.07 Å². The second-order valence-corrected chi connectivity index (χ2v) is 8.88. The van der Waals surface area contributed by atoms with E-state index in [-0.39, 0.29) is 34.7 Å². The van der Waals surface area contributed by atoms with Crippen molar-refractivity contribution in [3.8, 4) is 23.0 Å². The number of ether oxygens (including phenoxy) is 2. The highest BCUT2D eigenvalue weighted by Gasteiger charge is 2.32. The number of carbonyl (C=O) groups excluding carboxylic acids is 1. The molecule has 1 aromatic heterocycles.